The van der Waals surface area contributed by atoms with Gasteiger partial charge in [-0.2, -0.15) is 18.4 Å². The Morgan fingerprint density at radius 3 is 1.88 bits per heavy atom. The van der Waals surface area contributed by atoms with Gasteiger partial charge < -0.3 is 0 Å². The molecule has 2 aromatic rings. The van der Waals surface area contributed by atoms with E-state index in [1.54, 1.807) is 0 Å². The molecule has 0 aliphatic heterocycles. The van der Waals surface area contributed by atoms with Crippen LogP contribution in [0, 0.1) is 47.0 Å². The third-order valence-electron chi connectivity index (χ3n) is 3.18. The molecule has 10 heteroatoms. The normalized spacial score (nSPS) is 11.4. The highest BCUT2D eigenvalue weighted by Gasteiger charge is 2.41. The van der Waals surface area contributed by atoms with E-state index in [1.807, 2.05) is 0 Å². The third kappa shape index (κ3) is 2.31. The van der Waals surface area contributed by atoms with Crippen LogP contribution in [0.15, 0.2) is 0 Å². The summed E-state index contributed by atoms with van der Waals surface area (Å²) in [7, 11) is 0. The van der Waals surface area contributed by atoms with E-state index < -0.39 is 69.3 Å². The van der Waals surface area contributed by atoms with Gasteiger partial charge in [0.25, 0.3) is 5.69 Å². The van der Waals surface area contributed by atoms with Crippen molar-refractivity contribution in [1.82, 2.24) is 0 Å². The first kappa shape index (κ1) is 17.5. The van der Waals surface area contributed by atoms with Gasteiger partial charge in [-0.25, -0.2) is 26.8 Å². The van der Waals surface area contributed by atoms with Crippen LogP contribution in [0.25, 0.3) is 15.6 Å². The van der Waals surface area contributed by atoms with E-state index in [1.165, 1.54) is 0 Å². The molecule has 124 valence electrons. The number of hydrogen-bond acceptors (Lipinski definition) is 1. The van der Waals surface area contributed by atoms with E-state index in [0.717, 1.165) is 6.07 Å². The molecule has 0 heterocycles. The van der Waals surface area contributed by atoms with Crippen LogP contribution in [-0.4, -0.2) is 0 Å². The van der Waals surface area contributed by atoms with Crippen LogP contribution in [0.4, 0.5) is 40.8 Å². The minimum atomic E-state index is -5.54. The minimum absolute atomic E-state index is 1.14. The summed E-state index contributed by atoms with van der Waals surface area (Å²) < 4.78 is 109. The number of nitrogens with zero attached hydrogens (tertiary/aromatic N) is 2. The van der Waals surface area contributed by atoms with Crippen LogP contribution in [0.1, 0.15) is 11.1 Å². The van der Waals surface area contributed by atoms with E-state index in [4.69, 9.17) is 11.8 Å². The van der Waals surface area contributed by atoms with E-state index in [2.05, 4.69) is 4.85 Å². The monoisotopic (exact) mass is 350 g/mol. The average Bonchev–Trinajstić information content (AvgIpc) is 2.48. The standard InChI is InChI=1S/C14H2F8N2/c1-24-13-11(18)6-5(9(16)12(13)19)7(14(20,21)22)4(2-3-23)8(15)10(6)17/h2H2. The number of alkyl halides is 3. The SMILES string of the molecule is [C-]#[N+]c1c(F)c(F)c2c(C(F)(F)F)c(CC#N)c(F)c(F)c2c1F. The lowest BCUT2D eigenvalue weighted by atomic mass is 9.94. The highest BCUT2D eigenvalue weighted by Crippen LogP contribution is 2.44. The predicted octanol–water partition coefficient (Wildman–Crippen LogP) is 5.17. The van der Waals surface area contributed by atoms with Gasteiger partial charge in [0.1, 0.15) is 5.82 Å². The number of benzene rings is 2. The Morgan fingerprint density at radius 1 is 0.875 bits per heavy atom. The Morgan fingerprint density at radius 2 is 1.42 bits per heavy atom. The fourth-order valence-corrected chi connectivity index (χ4v) is 2.25. The van der Waals surface area contributed by atoms with Crippen molar-refractivity contribution in [3.63, 3.8) is 0 Å². The second-order valence-electron chi connectivity index (χ2n) is 4.47. The molecule has 2 aromatic carbocycles. The fraction of sp³-hybridized carbons (Fsp3) is 0.143. The molecule has 0 aliphatic rings. The molecule has 0 radical (unpaired) electrons. The molecule has 0 unspecified atom stereocenters. The van der Waals surface area contributed by atoms with Gasteiger partial charge in [-0.3, -0.25) is 0 Å². The fourth-order valence-electron chi connectivity index (χ4n) is 2.25. The molecule has 0 aliphatic carbocycles. The van der Waals surface area contributed by atoms with Crippen molar-refractivity contribution in [3.05, 3.63) is 51.6 Å². The van der Waals surface area contributed by atoms with E-state index in [9.17, 15) is 35.1 Å². The summed E-state index contributed by atoms with van der Waals surface area (Å²) in [6, 6.07) is 1.14. The van der Waals surface area contributed by atoms with Gasteiger partial charge >= 0.3 is 6.18 Å². The summed E-state index contributed by atoms with van der Waals surface area (Å²) in [4.78, 5) is 2.24. The molecule has 0 saturated heterocycles. The highest BCUT2D eigenvalue weighted by molar-refractivity contribution is 5.92. The van der Waals surface area contributed by atoms with Crippen LogP contribution in [0.3, 0.4) is 0 Å². The molecule has 0 N–H and O–H groups in total. The van der Waals surface area contributed by atoms with Crippen molar-refractivity contribution in [1.29, 1.82) is 5.26 Å². The molecular formula is C14H2F8N2. The molecule has 0 atom stereocenters. The minimum Gasteiger partial charge on any atom is -0.232 e. The van der Waals surface area contributed by atoms with Crippen molar-refractivity contribution in [2.24, 2.45) is 0 Å². The van der Waals surface area contributed by atoms with E-state index >= 15 is 0 Å². The molecule has 0 fully saturated rings. The van der Waals surface area contributed by atoms with Gasteiger partial charge in [-0.15, -0.1) is 0 Å². The topological polar surface area (TPSA) is 28.1 Å². The first-order valence-corrected chi connectivity index (χ1v) is 5.89. The van der Waals surface area contributed by atoms with Crippen LogP contribution in [0.5, 0.6) is 0 Å². The van der Waals surface area contributed by atoms with Gasteiger partial charge in [0.15, 0.2) is 23.3 Å². The molecular weight excluding hydrogens is 348 g/mol. The summed E-state index contributed by atoms with van der Waals surface area (Å²) in [5, 5.41) is 4.72. The second-order valence-corrected chi connectivity index (χ2v) is 4.47. The lowest BCUT2D eigenvalue weighted by Crippen LogP contribution is -2.15. The summed E-state index contributed by atoms with van der Waals surface area (Å²) >= 11 is 0. The molecule has 0 bridgehead atoms. The first-order valence-electron chi connectivity index (χ1n) is 5.89. The molecule has 24 heavy (non-hydrogen) atoms. The Bertz CT molecular complexity index is 947. The van der Waals surface area contributed by atoms with Crippen LogP contribution in [0.2, 0.25) is 0 Å². The maximum atomic E-state index is 14.0. The Labute approximate surface area is 128 Å². The molecule has 0 amide bonds. The Kier molecular flexibility index (Phi) is 4.10. The van der Waals surface area contributed by atoms with Crippen molar-refractivity contribution in [2.75, 3.05) is 0 Å². The maximum absolute atomic E-state index is 14.0. The van der Waals surface area contributed by atoms with Crippen molar-refractivity contribution >= 4 is 16.5 Å². The van der Waals surface area contributed by atoms with Crippen molar-refractivity contribution in [2.45, 2.75) is 12.6 Å². The molecule has 0 saturated carbocycles. The zero-order valence-corrected chi connectivity index (χ0v) is 11.1. The predicted molar refractivity (Wildman–Crippen MR) is 64.3 cm³/mol. The van der Waals surface area contributed by atoms with Crippen LogP contribution < -0.4 is 0 Å². The number of rotatable bonds is 1. The average molecular weight is 350 g/mol. The van der Waals surface area contributed by atoms with E-state index in [-0.39, 0.29) is 0 Å². The quantitative estimate of drug-likeness (QED) is 0.396. The second kappa shape index (κ2) is 5.64. The summed E-state index contributed by atoms with van der Waals surface area (Å²) in [6.07, 6.45) is -6.86. The largest absolute Gasteiger partial charge is 0.417 e. The lowest BCUT2D eigenvalue weighted by Gasteiger charge is -2.18. The van der Waals surface area contributed by atoms with Gasteiger partial charge in [0.2, 0.25) is 0 Å². The smallest absolute Gasteiger partial charge is 0.232 e. The highest BCUT2D eigenvalue weighted by atomic mass is 19.4. The van der Waals surface area contributed by atoms with Gasteiger partial charge in [-0.05, 0) is 0 Å². The van der Waals surface area contributed by atoms with Gasteiger partial charge in [-0.1, -0.05) is 0 Å². The van der Waals surface area contributed by atoms with Gasteiger partial charge in [0, 0.05) is 16.3 Å². The molecule has 2 nitrogen and oxygen atoms in total. The molecule has 0 aromatic heterocycles. The molecule has 0 spiro atoms. The number of fused-ring (bicyclic) bond motifs is 1. The maximum Gasteiger partial charge on any atom is 0.417 e. The summed E-state index contributed by atoms with van der Waals surface area (Å²) in [5.74, 6) is -11.3. The Hall–Kier alpha value is -2.88. The summed E-state index contributed by atoms with van der Waals surface area (Å²) in [6.45, 7) is 6.50. The van der Waals surface area contributed by atoms with Gasteiger partial charge in [0.05, 0.1) is 24.6 Å². The molecule has 2 rings (SSSR count). The van der Waals surface area contributed by atoms with Crippen LogP contribution in [-0.2, 0) is 12.6 Å². The number of hydrogen-bond donors (Lipinski definition) is 0. The van der Waals surface area contributed by atoms with Crippen molar-refractivity contribution in [3.8, 4) is 6.07 Å². The Balaban J connectivity index is 3.29. The summed E-state index contributed by atoms with van der Waals surface area (Å²) in [5.41, 5.74) is -5.49. The number of nitriles is 1. The van der Waals surface area contributed by atoms with E-state index in [0.29, 0.717) is 0 Å². The zero-order chi connectivity index (χ0) is 18.4. The third-order valence-corrected chi connectivity index (χ3v) is 3.18. The number of halogens is 8. The lowest BCUT2D eigenvalue weighted by molar-refractivity contribution is -0.137. The first-order chi connectivity index (χ1) is 11.1. The van der Waals surface area contributed by atoms with Crippen molar-refractivity contribution < 1.29 is 35.1 Å². The van der Waals surface area contributed by atoms with Crippen LogP contribution >= 0.6 is 0 Å². The zero-order valence-electron chi connectivity index (χ0n) is 11.1.